The highest BCUT2D eigenvalue weighted by Gasteiger charge is 2.24. The molecule has 27 heavy (non-hydrogen) atoms. The maximum Gasteiger partial charge on any atom is 0.191 e. The molecule has 1 aliphatic rings. The molecule has 0 spiro atoms. The third-order valence-corrected chi connectivity index (χ3v) is 6.61. The molecule has 6 nitrogen and oxygen atoms in total. The van der Waals surface area contributed by atoms with E-state index in [9.17, 15) is 0 Å². The average molecular weight is 407 g/mol. The van der Waals surface area contributed by atoms with Gasteiger partial charge in [0.2, 0.25) is 0 Å². The van der Waals surface area contributed by atoms with Crippen LogP contribution in [-0.2, 0) is 6.54 Å². The van der Waals surface area contributed by atoms with Crippen LogP contribution in [0.25, 0.3) is 0 Å². The van der Waals surface area contributed by atoms with Crippen LogP contribution in [0.2, 0.25) is 0 Å². The number of thiophene rings is 1. The number of hydrogen-bond acceptors (Lipinski definition) is 6. The lowest BCUT2D eigenvalue weighted by molar-refractivity contribution is 0.249. The van der Waals surface area contributed by atoms with Gasteiger partial charge < -0.3 is 15.5 Å². The zero-order chi connectivity index (χ0) is 19.1. The van der Waals surface area contributed by atoms with Gasteiger partial charge in [-0.1, -0.05) is 6.07 Å². The maximum absolute atomic E-state index is 4.74. The van der Waals surface area contributed by atoms with Gasteiger partial charge in [0.15, 0.2) is 11.1 Å². The van der Waals surface area contributed by atoms with Crippen molar-refractivity contribution in [3.05, 3.63) is 33.5 Å². The summed E-state index contributed by atoms with van der Waals surface area (Å²) in [6.45, 7) is 6.77. The van der Waals surface area contributed by atoms with Gasteiger partial charge >= 0.3 is 0 Å². The molecular weight excluding hydrogens is 376 g/mol. The predicted molar refractivity (Wildman–Crippen MR) is 117 cm³/mol. The Morgan fingerprint density at radius 1 is 1.30 bits per heavy atom. The zero-order valence-electron chi connectivity index (χ0n) is 16.4. The van der Waals surface area contributed by atoms with Gasteiger partial charge in [-0.05, 0) is 44.3 Å². The van der Waals surface area contributed by atoms with E-state index in [0.29, 0.717) is 12.6 Å². The van der Waals surface area contributed by atoms with E-state index in [1.54, 1.807) is 11.3 Å². The first-order valence-corrected chi connectivity index (χ1v) is 11.3. The van der Waals surface area contributed by atoms with Crippen molar-refractivity contribution in [1.82, 2.24) is 20.5 Å². The highest BCUT2D eigenvalue weighted by molar-refractivity contribution is 7.13. The normalized spacial score (nSPS) is 16.5. The number of aromatic nitrogens is 1. The Kier molecular flexibility index (Phi) is 7.49. The van der Waals surface area contributed by atoms with E-state index in [1.807, 2.05) is 30.3 Å². The molecule has 2 N–H and O–H groups in total. The van der Waals surface area contributed by atoms with E-state index in [2.05, 4.69) is 50.3 Å². The lowest BCUT2D eigenvalue weighted by Crippen LogP contribution is -2.42. The minimum atomic E-state index is 0.413. The number of hydrogen-bond donors (Lipinski definition) is 2. The van der Waals surface area contributed by atoms with Crippen LogP contribution in [0.5, 0.6) is 0 Å². The first-order valence-electron chi connectivity index (χ1n) is 9.58. The van der Waals surface area contributed by atoms with E-state index >= 15 is 0 Å². The molecule has 0 radical (unpaired) electrons. The van der Waals surface area contributed by atoms with Crippen molar-refractivity contribution in [1.29, 1.82) is 0 Å². The number of aliphatic imine (C=N–C) groups is 1. The van der Waals surface area contributed by atoms with Crippen LogP contribution in [0, 0.1) is 0 Å². The first-order chi connectivity index (χ1) is 13.2. The lowest BCUT2D eigenvalue weighted by Gasteiger charge is -2.27. The molecular formula is C19H30N6S2. The number of nitrogens with zero attached hydrogens (tertiary/aromatic N) is 4. The summed E-state index contributed by atoms with van der Waals surface area (Å²) in [5.41, 5.74) is 1.01. The highest BCUT2D eigenvalue weighted by Crippen LogP contribution is 2.27. The molecule has 148 valence electrons. The van der Waals surface area contributed by atoms with Gasteiger partial charge in [0.05, 0.1) is 18.3 Å². The summed E-state index contributed by atoms with van der Waals surface area (Å²) in [5.74, 6) is 0.859. The standard InChI is InChI=1S/C19H30N6S2/c1-4-20-18(21-12-15-14-27-19(23-15)24(2)3)22-13-16(17-8-7-11-26-17)25-9-5-6-10-25/h7-8,11,14,16H,4-6,9-10,12-13H2,1-3H3,(H2,20,21,22). The highest BCUT2D eigenvalue weighted by atomic mass is 32.1. The van der Waals surface area contributed by atoms with Gasteiger partial charge in [0.1, 0.15) is 0 Å². The maximum atomic E-state index is 4.74. The lowest BCUT2D eigenvalue weighted by atomic mass is 10.2. The van der Waals surface area contributed by atoms with E-state index in [4.69, 9.17) is 4.99 Å². The number of nitrogens with one attached hydrogen (secondary N) is 2. The summed E-state index contributed by atoms with van der Waals surface area (Å²) in [4.78, 5) is 15.4. The van der Waals surface area contributed by atoms with E-state index in [0.717, 1.165) is 29.9 Å². The Morgan fingerprint density at radius 2 is 2.11 bits per heavy atom. The molecule has 0 amide bonds. The second-order valence-corrected chi connectivity index (χ2v) is 8.68. The van der Waals surface area contributed by atoms with Crippen LogP contribution in [0.4, 0.5) is 5.13 Å². The van der Waals surface area contributed by atoms with Crippen molar-refractivity contribution in [3.63, 3.8) is 0 Å². The van der Waals surface area contributed by atoms with Gasteiger partial charge in [0, 0.05) is 37.4 Å². The fraction of sp³-hybridized carbons (Fsp3) is 0.579. The number of anilines is 1. The summed E-state index contributed by atoms with van der Waals surface area (Å²) in [5, 5.41) is 12.2. The number of rotatable bonds is 8. The molecule has 0 saturated carbocycles. The second-order valence-electron chi connectivity index (χ2n) is 6.87. The number of likely N-dealkylation sites (tertiary alicyclic amines) is 1. The summed E-state index contributed by atoms with van der Waals surface area (Å²) in [6.07, 6.45) is 2.60. The fourth-order valence-corrected chi connectivity index (χ4v) is 4.82. The van der Waals surface area contributed by atoms with Gasteiger partial charge in [0.25, 0.3) is 0 Å². The van der Waals surface area contributed by atoms with Crippen LogP contribution in [-0.4, -0.2) is 56.1 Å². The fourth-order valence-electron chi connectivity index (χ4n) is 3.21. The van der Waals surface area contributed by atoms with Crippen LogP contribution in [0.15, 0.2) is 27.9 Å². The van der Waals surface area contributed by atoms with Crippen LogP contribution < -0.4 is 15.5 Å². The first kappa shape index (κ1) is 20.1. The molecule has 0 bridgehead atoms. The van der Waals surface area contributed by atoms with Gasteiger partial charge in [-0.3, -0.25) is 4.90 Å². The SMILES string of the molecule is CCNC(=NCc1csc(N(C)C)n1)NCC(c1cccs1)N1CCCC1. The second kappa shape index (κ2) is 10.1. The zero-order valence-corrected chi connectivity index (χ0v) is 18.1. The Labute approximate surface area is 170 Å². The van der Waals surface area contributed by atoms with Crippen LogP contribution in [0.3, 0.4) is 0 Å². The summed E-state index contributed by atoms with van der Waals surface area (Å²) in [7, 11) is 4.03. The van der Waals surface area contributed by atoms with Crippen molar-refractivity contribution >= 4 is 33.8 Å². The van der Waals surface area contributed by atoms with E-state index in [-0.39, 0.29) is 0 Å². The molecule has 2 aromatic rings. The van der Waals surface area contributed by atoms with Crippen LogP contribution in [0.1, 0.15) is 36.4 Å². The summed E-state index contributed by atoms with van der Waals surface area (Å²) >= 11 is 3.50. The molecule has 0 aromatic carbocycles. The Morgan fingerprint density at radius 3 is 2.74 bits per heavy atom. The number of guanidine groups is 1. The molecule has 0 aliphatic carbocycles. The van der Waals surface area contributed by atoms with Gasteiger partial charge in [-0.15, -0.1) is 22.7 Å². The smallest absolute Gasteiger partial charge is 0.191 e. The van der Waals surface area contributed by atoms with E-state index in [1.165, 1.54) is 30.8 Å². The summed E-state index contributed by atoms with van der Waals surface area (Å²) in [6, 6.07) is 4.81. The molecule has 1 saturated heterocycles. The van der Waals surface area contributed by atoms with Gasteiger partial charge in [-0.25, -0.2) is 9.98 Å². The van der Waals surface area contributed by atoms with Crippen molar-refractivity contribution in [2.75, 3.05) is 45.2 Å². The monoisotopic (exact) mass is 406 g/mol. The number of thiazole rings is 1. The molecule has 3 heterocycles. The van der Waals surface area contributed by atoms with Crippen molar-refractivity contribution in [3.8, 4) is 0 Å². The van der Waals surface area contributed by atoms with Gasteiger partial charge in [-0.2, -0.15) is 0 Å². The summed E-state index contributed by atoms with van der Waals surface area (Å²) < 4.78 is 0. The molecule has 1 atom stereocenters. The molecule has 1 unspecified atom stereocenters. The third kappa shape index (κ3) is 5.67. The van der Waals surface area contributed by atoms with Crippen molar-refractivity contribution in [2.24, 2.45) is 4.99 Å². The Bertz CT molecular complexity index is 704. The van der Waals surface area contributed by atoms with Crippen molar-refractivity contribution < 1.29 is 0 Å². The minimum Gasteiger partial charge on any atom is -0.357 e. The molecule has 2 aromatic heterocycles. The predicted octanol–water partition coefficient (Wildman–Crippen LogP) is 3.16. The largest absolute Gasteiger partial charge is 0.357 e. The molecule has 8 heteroatoms. The van der Waals surface area contributed by atoms with Crippen molar-refractivity contribution in [2.45, 2.75) is 32.4 Å². The van der Waals surface area contributed by atoms with Crippen LogP contribution >= 0.6 is 22.7 Å². The quantitative estimate of drug-likeness (QED) is 0.521. The Balaban J connectivity index is 1.63. The third-order valence-electron chi connectivity index (χ3n) is 4.58. The average Bonchev–Trinajstić information content (AvgIpc) is 3.42. The molecule has 1 fully saturated rings. The molecule has 3 rings (SSSR count). The Hall–Kier alpha value is -1.64. The minimum absolute atomic E-state index is 0.413. The molecule has 1 aliphatic heterocycles. The topological polar surface area (TPSA) is 55.8 Å². The van der Waals surface area contributed by atoms with E-state index < -0.39 is 0 Å².